The summed E-state index contributed by atoms with van der Waals surface area (Å²) in [7, 11) is 0. The zero-order chi connectivity index (χ0) is 16.9. The van der Waals surface area contributed by atoms with Gasteiger partial charge in [-0.2, -0.15) is 0 Å². The van der Waals surface area contributed by atoms with E-state index in [1.807, 2.05) is 4.90 Å². The number of carbonyl (C=O) groups is 1. The molecule has 0 aliphatic carbocycles. The lowest BCUT2D eigenvalue weighted by molar-refractivity contribution is -0.140. The highest BCUT2D eigenvalue weighted by molar-refractivity contribution is 5.82. The molecule has 0 spiro atoms. The van der Waals surface area contributed by atoms with Crippen LogP contribution in [0.3, 0.4) is 0 Å². The van der Waals surface area contributed by atoms with Crippen molar-refractivity contribution in [2.24, 2.45) is 0 Å². The maximum Gasteiger partial charge on any atom is 0.256 e. The zero-order valence-corrected chi connectivity index (χ0v) is 13.3. The highest BCUT2D eigenvalue weighted by atomic mass is 19.1. The Balaban J connectivity index is 1.67. The first-order chi connectivity index (χ1) is 11.7. The van der Waals surface area contributed by atoms with Gasteiger partial charge in [0.15, 0.2) is 6.10 Å². The first-order valence-corrected chi connectivity index (χ1v) is 8.03. The zero-order valence-electron chi connectivity index (χ0n) is 13.3. The monoisotopic (exact) mass is 329 g/mol. The standard InChI is InChI=1S/C18H20FN3O2/c19-15-6-1-2-7-16(15)21-9-4-10-22(12-11-21)18(24)17(23)14-5-3-8-20-13-14/h1-3,5-8,13,17,23H,4,9-12H2. The molecule has 24 heavy (non-hydrogen) atoms. The third-order valence-electron chi connectivity index (χ3n) is 4.23. The number of anilines is 1. The van der Waals surface area contributed by atoms with Crippen LogP contribution in [-0.4, -0.2) is 47.1 Å². The normalized spacial score (nSPS) is 16.6. The van der Waals surface area contributed by atoms with Crippen molar-refractivity contribution in [2.75, 3.05) is 31.1 Å². The smallest absolute Gasteiger partial charge is 0.256 e. The van der Waals surface area contributed by atoms with Crippen LogP contribution in [0.1, 0.15) is 18.1 Å². The Hall–Kier alpha value is -2.47. The van der Waals surface area contributed by atoms with Gasteiger partial charge in [0.1, 0.15) is 5.82 Å². The van der Waals surface area contributed by atoms with Crippen LogP contribution >= 0.6 is 0 Å². The number of hydrogen-bond donors (Lipinski definition) is 1. The van der Waals surface area contributed by atoms with Crippen molar-refractivity contribution in [1.29, 1.82) is 0 Å². The number of carbonyl (C=O) groups excluding carboxylic acids is 1. The van der Waals surface area contributed by atoms with Crippen LogP contribution in [0.25, 0.3) is 0 Å². The summed E-state index contributed by atoms with van der Waals surface area (Å²) < 4.78 is 13.9. The quantitative estimate of drug-likeness (QED) is 0.936. The Morgan fingerprint density at radius 3 is 2.71 bits per heavy atom. The first-order valence-electron chi connectivity index (χ1n) is 8.03. The van der Waals surface area contributed by atoms with Crippen molar-refractivity contribution in [3.63, 3.8) is 0 Å². The summed E-state index contributed by atoms with van der Waals surface area (Å²) in [6.45, 7) is 2.20. The topological polar surface area (TPSA) is 56.7 Å². The number of pyridine rings is 1. The van der Waals surface area contributed by atoms with Crippen LogP contribution in [-0.2, 0) is 4.79 Å². The predicted octanol–water partition coefficient (Wildman–Crippen LogP) is 1.99. The highest BCUT2D eigenvalue weighted by Gasteiger charge is 2.26. The Kier molecular flexibility index (Phi) is 5.05. The van der Waals surface area contributed by atoms with E-state index in [1.165, 1.54) is 12.3 Å². The lowest BCUT2D eigenvalue weighted by atomic mass is 10.1. The highest BCUT2D eigenvalue weighted by Crippen LogP contribution is 2.21. The van der Waals surface area contributed by atoms with E-state index in [0.717, 1.165) is 6.42 Å². The molecule has 1 N–H and O–H groups in total. The molecule has 2 heterocycles. The molecule has 6 heteroatoms. The molecule has 1 aliphatic heterocycles. The van der Waals surface area contributed by atoms with Crippen LogP contribution in [0.15, 0.2) is 48.8 Å². The van der Waals surface area contributed by atoms with Crippen LogP contribution < -0.4 is 4.90 Å². The summed E-state index contributed by atoms with van der Waals surface area (Å²) in [6, 6.07) is 10.0. The fourth-order valence-electron chi connectivity index (χ4n) is 2.94. The van der Waals surface area contributed by atoms with Gasteiger partial charge in [-0.3, -0.25) is 9.78 Å². The van der Waals surface area contributed by atoms with E-state index in [2.05, 4.69) is 4.98 Å². The number of aliphatic hydroxyl groups excluding tert-OH is 1. The van der Waals surface area contributed by atoms with Crippen LogP contribution in [0.4, 0.5) is 10.1 Å². The average molecular weight is 329 g/mol. The van der Waals surface area contributed by atoms with Gasteiger partial charge in [-0.15, -0.1) is 0 Å². The average Bonchev–Trinajstić information content (AvgIpc) is 2.88. The number of para-hydroxylation sites is 1. The fraction of sp³-hybridized carbons (Fsp3) is 0.333. The van der Waals surface area contributed by atoms with Crippen LogP contribution in [0.5, 0.6) is 0 Å². The number of benzene rings is 1. The molecule has 0 bridgehead atoms. The van der Waals surface area contributed by atoms with E-state index in [1.54, 1.807) is 41.4 Å². The molecule has 1 aromatic heterocycles. The molecule has 126 valence electrons. The molecule has 1 amide bonds. The summed E-state index contributed by atoms with van der Waals surface area (Å²) in [5, 5.41) is 10.3. The van der Waals surface area contributed by atoms with Crippen molar-refractivity contribution in [3.8, 4) is 0 Å². The minimum Gasteiger partial charge on any atom is -0.378 e. The minimum atomic E-state index is -1.21. The Labute approximate surface area is 140 Å². The number of aliphatic hydroxyl groups is 1. The second-order valence-corrected chi connectivity index (χ2v) is 5.81. The third kappa shape index (κ3) is 3.54. The molecule has 0 saturated carbocycles. The van der Waals surface area contributed by atoms with Crippen molar-refractivity contribution < 1.29 is 14.3 Å². The van der Waals surface area contributed by atoms with Gasteiger partial charge in [-0.05, 0) is 24.6 Å². The molecule has 1 saturated heterocycles. The second kappa shape index (κ2) is 7.40. The Morgan fingerprint density at radius 1 is 1.12 bits per heavy atom. The summed E-state index contributed by atoms with van der Waals surface area (Å²) in [6.07, 6.45) is 2.60. The van der Waals surface area contributed by atoms with Crippen molar-refractivity contribution in [3.05, 3.63) is 60.2 Å². The van der Waals surface area contributed by atoms with Gasteiger partial charge in [0.05, 0.1) is 5.69 Å². The molecule has 1 fully saturated rings. The van der Waals surface area contributed by atoms with Crippen molar-refractivity contribution in [2.45, 2.75) is 12.5 Å². The van der Waals surface area contributed by atoms with Gasteiger partial charge in [0.25, 0.3) is 5.91 Å². The van der Waals surface area contributed by atoms with E-state index in [9.17, 15) is 14.3 Å². The molecule has 5 nitrogen and oxygen atoms in total. The van der Waals surface area contributed by atoms with Crippen LogP contribution in [0, 0.1) is 5.82 Å². The Bertz CT molecular complexity index is 696. The molecular weight excluding hydrogens is 309 g/mol. The molecule has 0 radical (unpaired) electrons. The van der Waals surface area contributed by atoms with E-state index in [-0.39, 0.29) is 11.7 Å². The molecule has 1 atom stereocenters. The third-order valence-corrected chi connectivity index (χ3v) is 4.23. The maximum absolute atomic E-state index is 13.9. The van der Waals surface area contributed by atoms with E-state index in [4.69, 9.17) is 0 Å². The van der Waals surface area contributed by atoms with Gasteiger partial charge in [0.2, 0.25) is 0 Å². The number of nitrogens with zero attached hydrogens (tertiary/aromatic N) is 3. The summed E-state index contributed by atoms with van der Waals surface area (Å²) in [5.41, 5.74) is 1.04. The number of rotatable bonds is 3. The SMILES string of the molecule is O=C(C(O)c1cccnc1)N1CCCN(c2ccccc2F)CC1. The largest absolute Gasteiger partial charge is 0.378 e. The number of amides is 1. The maximum atomic E-state index is 13.9. The van der Waals surface area contributed by atoms with Gasteiger partial charge < -0.3 is 14.9 Å². The van der Waals surface area contributed by atoms with Gasteiger partial charge in [0, 0.05) is 44.1 Å². The lowest BCUT2D eigenvalue weighted by Gasteiger charge is -2.25. The van der Waals surface area contributed by atoms with E-state index >= 15 is 0 Å². The number of aromatic nitrogens is 1. The van der Waals surface area contributed by atoms with Crippen molar-refractivity contribution >= 4 is 11.6 Å². The molecule has 1 aliphatic rings. The second-order valence-electron chi connectivity index (χ2n) is 5.81. The van der Waals surface area contributed by atoms with Gasteiger partial charge in [-0.1, -0.05) is 18.2 Å². The molecule has 1 aromatic carbocycles. The van der Waals surface area contributed by atoms with Crippen LogP contribution in [0.2, 0.25) is 0 Å². The lowest BCUT2D eigenvalue weighted by Crippen LogP contribution is -2.38. The summed E-state index contributed by atoms with van der Waals surface area (Å²) >= 11 is 0. The molecular formula is C18H20FN3O2. The molecule has 1 unspecified atom stereocenters. The van der Waals surface area contributed by atoms with Gasteiger partial charge >= 0.3 is 0 Å². The first kappa shape index (κ1) is 16.4. The summed E-state index contributed by atoms with van der Waals surface area (Å²) in [4.78, 5) is 20.0. The number of hydrogen-bond acceptors (Lipinski definition) is 4. The fourth-order valence-corrected chi connectivity index (χ4v) is 2.94. The summed E-state index contributed by atoms with van der Waals surface area (Å²) in [5.74, 6) is -0.592. The Morgan fingerprint density at radius 2 is 1.96 bits per heavy atom. The van der Waals surface area contributed by atoms with Gasteiger partial charge in [-0.25, -0.2) is 4.39 Å². The number of halogens is 1. The molecule has 2 aromatic rings. The predicted molar refractivity (Wildman–Crippen MR) is 89.0 cm³/mol. The van der Waals surface area contributed by atoms with E-state index in [0.29, 0.717) is 37.4 Å². The van der Waals surface area contributed by atoms with E-state index < -0.39 is 6.10 Å². The minimum absolute atomic E-state index is 0.257. The van der Waals surface area contributed by atoms with Crippen molar-refractivity contribution in [1.82, 2.24) is 9.88 Å². The molecule has 3 rings (SSSR count).